The van der Waals surface area contributed by atoms with Gasteiger partial charge in [0, 0.05) is 17.4 Å². The third-order valence-electron chi connectivity index (χ3n) is 5.11. The van der Waals surface area contributed by atoms with Crippen LogP contribution in [0, 0.1) is 0 Å². The Hall–Kier alpha value is -1.20. The van der Waals surface area contributed by atoms with Gasteiger partial charge in [-0.25, -0.2) is 0 Å². The van der Waals surface area contributed by atoms with Crippen molar-refractivity contribution in [2.24, 2.45) is 0 Å². The van der Waals surface area contributed by atoms with Crippen molar-refractivity contribution >= 4 is 7.92 Å². The highest BCUT2D eigenvalue weighted by molar-refractivity contribution is 7.58. The van der Waals surface area contributed by atoms with E-state index in [1.54, 1.807) is 0 Å². The molecule has 2 aromatic rings. The van der Waals surface area contributed by atoms with E-state index in [4.69, 9.17) is 4.98 Å². The highest BCUT2D eigenvalue weighted by Gasteiger charge is 2.20. The van der Waals surface area contributed by atoms with E-state index in [1.165, 1.54) is 22.4 Å². The molecule has 1 aromatic heterocycles. The smallest absolute Gasteiger partial charge is 0.0711 e. The van der Waals surface area contributed by atoms with E-state index in [0.717, 1.165) is 23.2 Å². The van der Waals surface area contributed by atoms with Crippen molar-refractivity contribution in [2.45, 2.75) is 84.7 Å². The zero-order valence-electron chi connectivity index (χ0n) is 17.9. The molecule has 0 atom stereocenters. The molecule has 0 N–H and O–H groups in total. The van der Waals surface area contributed by atoms with Gasteiger partial charge in [-0.3, -0.25) is 4.98 Å². The van der Waals surface area contributed by atoms with Crippen LogP contribution in [0.5, 0.6) is 0 Å². The van der Waals surface area contributed by atoms with Crippen LogP contribution in [0.1, 0.15) is 84.0 Å². The van der Waals surface area contributed by atoms with Gasteiger partial charge < -0.3 is 0 Å². The van der Waals surface area contributed by atoms with Crippen LogP contribution >= 0.6 is 7.92 Å². The molecule has 0 aliphatic carbocycles. The maximum Gasteiger partial charge on any atom is 0.0711 e. The molecule has 2 rings (SSSR count). The molecular weight excluding hydrogens is 333 g/mol. The molecule has 1 nitrogen and oxygen atoms in total. The van der Waals surface area contributed by atoms with Gasteiger partial charge in [-0.15, -0.1) is 0 Å². The highest BCUT2D eigenvalue weighted by Crippen LogP contribution is 2.48. The first-order valence-electron chi connectivity index (χ1n) is 10.1. The molecule has 0 aliphatic rings. The summed E-state index contributed by atoms with van der Waals surface area (Å²) in [6.07, 6.45) is 1.12. The van der Waals surface area contributed by atoms with Crippen LogP contribution in [0.25, 0.3) is 11.3 Å². The van der Waals surface area contributed by atoms with Crippen LogP contribution in [-0.2, 0) is 6.16 Å². The Morgan fingerprint density at radius 2 is 1.23 bits per heavy atom. The van der Waals surface area contributed by atoms with Crippen LogP contribution in [0.2, 0.25) is 0 Å². The molecule has 1 heterocycles. The Morgan fingerprint density at radius 1 is 0.731 bits per heavy atom. The minimum atomic E-state index is -0.0389. The lowest BCUT2D eigenvalue weighted by molar-refractivity contribution is 0.836. The van der Waals surface area contributed by atoms with E-state index in [1.807, 2.05) is 0 Å². The lowest BCUT2D eigenvalue weighted by Gasteiger charge is -2.26. The van der Waals surface area contributed by atoms with Gasteiger partial charge >= 0.3 is 0 Å². The van der Waals surface area contributed by atoms with E-state index in [9.17, 15) is 0 Å². The van der Waals surface area contributed by atoms with Crippen LogP contribution in [0.4, 0.5) is 0 Å². The Bertz CT molecular complexity index is 682. The molecule has 0 saturated carbocycles. The molecule has 0 amide bonds. The first-order valence-corrected chi connectivity index (χ1v) is 11.7. The first kappa shape index (κ1) is 21.1. The second kappa shape index (κ2) is 9.14. The Labute approximate surface area is 162 Å². The largest absolute Gasteiger partial charge is 0.252 e. The van der Waals surface area contributed by atoms with Crippen molar-refractivity contribution in [1.82, 2.24) is 4.98 Å². The minimum Gasteiger partial charge on any atom is -0.252 e. The fraction of sp³-hybridized carbons (Fsp3) is 0.542. The van der Waals surface area contributed by atoms with Crippen molar-refractivity contribution in [2.75, 3.05) is 0 Å². The van der Waals surface area contributed by atoms with Gasteiger partial charge in [-0.2, -0.15) is 0 Å². The van der Waals surface area contributed by atoms with Crippen molar-refractivity contribution < 1.29 is 0 Å². The summed E-state index contributed by atoms with van der Waals surface area (Å²) < 4.78 is 0. The summed E-state index contributed by atoms with van der Waals surface area (Å²) in [7, 11) is -0.0389. The zero-order chi connectivity index (χ0) is 19.4. The second-order valence-electron chi connectivity index (χ2n) is 8.49. The van der Waals surface area contributed by atoms with E-state index in [0.29, 0.717) is 11.8 Å². The lowest BCUT2D eigenvalue weighted by atomic mass is 9.87. The molecule has 0 aliphatic heterocycles. The van der Waals surface area contributed by atoms with Crippen LogP contribution in [0.3, 0.4) is 0 Å². The fourth-order valence-electron chi connectivity index (χ4n) is 3.70. The summed E-state index contributed by atoms with van der Waals surface area (Å²) in [5.74, 6) is 0.996. The molecule has 0 fully saturated rings. The number of pyridine rings is 1. The van der Waals surface area contributed by atoms with E-state index in [2.05, 4.69) is 91.8 Å². The van der Waals surface area contributed by atoms with Gasteiger partial charge in [0.1, 0.15) is 0 Å². The van der Waals surface area contributed by atoms with Gasteiger partial charge in [0.05, 0.1) is 5.69 Å². The van der Waals surface area contributed by atoms with E-state index in [-0.39, 0.29) is 7.92 Å². The highest BCUT2D eigenvalue weighted by atomic mass is 31.1. The molecule has 0 spiro atoms. The summed E-state index contributed by atoms with van der Waals surface area (Å²) in [6.45, 7) is 18.6. The second-order valence-corrected chi connectivity index (χ2v) is 11.9. The maximum atomic E-state index is 5.15. The normalized spacial score (nSPS) is 12.2. The first-order chi connectivity index (χ1) is 12.2. The maximum absolute atomic E-state index is 5.15. The summed E-state index contributed by atoms with van der Waals surface area (Å²) in [5.41, 5.74) is 8.07. The molecule has 142 valence electrons. The average Bonchev–Trinajstić information content (AvgIpc) is 2.58. The monoisotopic (exact) mass is 369 g/mol. The quantitative estimate of drug-likeness (QED) is 0.454. The van der Waals surface area contributed by atoms with Crippen molar-refractivity contribution in [3.8, 4) is 11.3 Å². The molecule has 26 heavy (non-hydrogen) atoms. The molecule has 0 bridgehead atoms. The van der Waals surface area contributed by atoms with E-state index >= 15 is 0 Å². The van der Waals surface area contributed by atoms with Gasteiger partial charge in [0.25, 0.3) is 0 Å². The van der Waals surface area contributed by atoms with E-state index < -0.39 is 0 Å². The molecule has 1 aromatic carbocycles. The van der Waals surface area contributed by atoms with Crippen molar-refractivity contribution in [3.63, 3.8) is 0 Å². The van der Waals surface area contributed by atoms with Crippen LogP contribution < -0.4 is 0 Å². The minimum absolute atomic E-state index is 0.0389. The number of benzene rings is 1. The lowest BCUT2D eigenvalue weighted by Crippen LogP contribution is -2.07. The predicted octanol–water partition coefficient (Wildman–Crippen LogP) is 7.79. The number of rotatable bonds is 7. The molecule has 0 unspecified atom stereocenters. The Balaban J connectivity index is 2.51. The summed E-state index contributed by atoms with van der Waals surface area (Å²) >= 11 is 0. The number of hydrogen-bond acceptors (Lipinski definition) is 1. The summed E-state index contributed by atoms with van der Waals surface area (Å²) in [4.78, 5) is 5.15. The Kier molecular flexibility index (Phi) is 7.42. The Morgan fingerprint density at radius 3 is 1.69 bits per heavy atom. The van der Waals surface area contributed by atoms with Crippen molar-refractivity contribution in [1.29, 1.82) is 0 Å². The molecule has 2 heteroatoms. The number of nitrogens with zero attached hydrogens (tertiary/aromatic N) is 1. The summed E-state index contributed by atoms with van der Waals surface area (Å²) in [6, 6.07) is 13.4. The number of aromatic nitrogens is 1. The third-order valence-corrected chi connectivity index (χ3v) is 8.45. The van der Waals surface area contributed by atoms with Gasteiger partial charge in [-0.05, 0) is 46.4 Å². The zero-order valence-corrected chi connectivity index (χ0v) is 18.8. The standard InChI is InChI=1S/C24H36NP/c1-16(2)21-12-10-13-22(17(3)4)24(21)23-14-9-11-20(25-23)15-26(18(5)6)19(7)8/h9-14,16-19H,15H2,1-8H3. The van der Waals surface area contributed by atoms with Gasteiger partial charge in [-0.1, -0.05) is 87.6 Å². The number of hydrogen-bond donors (Lipinski definition) is 0. The summed E-state index contributed by atoms with van der Waals surface area (Å²) in [5, 5.41) is 0. The topological polar surface area (TPSA) is 12.9 Å². The molecule has 0 saturated heterocycles. The van der Waals surface area contributed by atoms with Crippen molar-refractivity contribution in [3.05, 3.63) is 53.2 Å². The molecular formula is C24H36NP. The fourth-order valence-corrected chi connectivity index (χ4v) is 6.18. The molecule has 0 radical (unpaired) electrons. The average molecular weight is 370 g/mol. The van der Waals surface area contributed by atoms with Gasteiger partial charge in [0.2, 0.25) is 0 Å². The SMILES string of the molecule is CC(C)c1cccc(C(C)C)c1-c1cccc(CP(C(C)C)C(C)C)n1. The third kappa shape index (κ3) is 4.95. The van der Waals surface area contributed by atoms with Gasteiger partial charge in [0.15, 0.2) is 0 Å². The van der Waals surface area contributed by atoms with Crippen LogP contribution in [-0.4, -0.2) is 16.3 Å². The predicted molar refractivity (Wildman–Crippen MR) is 119 cm³/mol. The van der Waals surface area contributed by atoms with Crippen LogP contribution in [0.15, 0.2) is 36.4 Å².